The Kier molecular flexibility index (Phi) is 3.25. The molecule has 1 aliphatic heterocycles. The van der Waals surface area contributed by atoms with E-state index >= 15 is 0 Å². The van der Waals surface area contributed by atoms with Gasteiger partial charge in [-0.25, -0.2) is 4.98 Å². The molecule has 1 aliphatic rings. The molecular formula is C14H21N5O. The number of aromatic nitrogens is 3. The van der Waals surface area contributed by atoms with Crippen LogP contribution in [0.2, 0.25) is 0 Å². The van der Waals surface area contributed by atoms with Crippen molar-refractivity contribution in [3.63, 3.8) is 0 Å². The molecule has 2 unspecified atom stereocenters. The fourth-order valence-corrected chi connectivity index (χ4v) is 3.14. The summed E-state index contributed by atoms with van der Waals surface area (Å²) in [6.45, 7) is 4.39. The van der Waals surface area contributed by atoms with E-state index in [1.807, 2.05) is 12.1 Å². The first-order valence-electron chi connectivity index (χ1n) is 6.97. The Morgan fingerprint density at radius 1 is 1.35 bits per heavy atom. The van der Waals surface area contributed by atoms with Crippen molar-refractivity contribution in [2.24, 2.45) is 5.92 Å². The van der Waals surface area contributed by atoms with E-state index < -0.39 is 0 Å². The Balaban J connectivity index is 2.07. The third-order valence-corrected chi connectivity index (χ3v) is 4.14. The number of hydrogen-bond donors (Lipinski definition) is 1. The van der Waals surface area contributed by atoms with Crippen molar-refractivity contribution in [3.8, 4) is 5.88 Å². The van der Waals surface area contributed by atoms with Gasteiger partial charge in [0.15, 0.2) is 5.65 Å². The molecule has 20 heavy (non-hydrogen) atoms. The van der Waals surface area contributed by atoms with Gasteiger partial charge in [-0.05, 0) is 32.0 Å². The summed E-state index contributed by atoms with van der Waals surface area (Å²) in [7, 11) is 3.78. The van der Waals surface area contributed by atoms with Crippen LogP contribution >= 0.6 is 0 Å². The van der Waals surface area contributed by atoms with Gasteiger partial charge in [0.05, 0.1) is 7.11 Å². The molecule has 1 fully saturated rings. The first kappa shape index (κ1) is 13.2. The minimum atomic E-state index is 0.343. The molecule has 108 valence electrons. The van der Waals surface area contributed by atoms with E-state index in [-0.39, 0.29) is 0 Å². The van der Waals surface area contributed by atoms with E-state index in [1.54, 1.807) is 7.11 Å². The molecule has 6 heteroatoms. The molecule has 2 atom stereocenters. The summed E-state index contributed by atoms with van der Waals surface area (Å²) in [6.07, 6.45) is 1.06. The normalized spacial score (nSPS) is 24.1. The van der Waals surface area contributed by atoms with E-state index in [1.165, 1.54) is 0 Å². The van der Waals surface area contributed by atoms with Crippen molar-refractivity contribution in [1.82, 2.24) is 19.4 Å². The number of likely N-dealkylation sites (tertiary alicyclic amines) is 1. The molecule has 2 aromatic rings. The lowest BCUT2D eigenvalue weighted by Crippen LogP contribution is -2.38. The van der Waals surface area contributed by atoms with Gasteiger partial charge in [0.25, 0.3) is 0 Å². The Morgan fingerprint density at radius 2 is 2.15 bits per heavy atom. The number of piperidine rings is 1. The highest BCUT2D eigenvalue weighted by atomic mass is 16.5. The fourth-order valence-electron chi connectivity index (χ4n) is 3.14. The molecule has 0 spiro atoms. The minimum absolute atomic E-state index is 0.343. The summed E-state index contributed by atoms with van der Waals surface area (Å²) in [5, 5.41) is 0. The molecule has 0 aliphatic carbocycles. The summed E-state index contributed by atoms with van der Waals surface area (Å²) in [4.78, 5) is 11.3. The first-order chi connectivity index (χ1) is 9.60. The third kappa shape index (κ3) is 2.10. The van der Waals surface area contributed by atoms with Gasteiger partial charge in [0, 0.05) is 18.7 Å². The average molecular weight is 275 g/mol. The number of nitrogens with two attached hydrogens (primary N) is 1. The zero-order valence-electron chi connectivity index (χ0n) is 12.2. The van der Waals surface area contributed by atoms with Crippen LogP contribution in [0.1, 0.15) is 19.4 Å². The second-order valence-electron chi connectivity index (χ2n) is 5.63. The summed E-state index contributed by atoms with van der Waals surface area (Å²) in [6, 6.07) is 4.07. The van der Waals surface area contributed by atoms with Gasteiger partial charge in [-0.1, -0.05) is 6.92 Å². The molecule has 6 nitrogen and oxygen atoms in total. The number of rotatable bonds is 2. The fraction of sp³-hybridized carbons (Fsp3) is 0.571. The molecule has 2 aromatic heterocycles. The molecule has 3 rings (SSSR count). The van der Waals surface area contributed by atoms with Crippen LogP contribution in [0, 0.1) is 5.92 Å². The van der Waals surface area contributed by atoms with Crippen LogP contribution in [0.5, 0.6) is 5.88 Å². The number of nitrogens with zero attached hydrogens (tertiary/aromatic N) is 4. The van der Waals surface area contributed by atoms with Gasteiger partial charge >= 0.3 is 0 Å². The van der Waals surface area contributed by atoms with E-state index in [9.17, 15) is 0 Å². The zero-order chi connectivity index (χ0) is 14.3. The molecule has 0 aromatic carbocycles. The average Bonchev–Trinajstić information content (AvgIpc) is 2.74. The second-order valence-corrected chi connectivity index (χ2v) is 5.63. The molecule has 3 heterocycles. The number of hydrogen-bond acceptors (Lipinski definition) is 5. The van der Waals surface area contributed by atoms with E-state index in [4.69, 9.17) is 10.5 Å². The van der Waals surface area contributed by atoms with Crippen LogP contribution < -0.4 is 10.5 Å². The lowest BCUT2D eigenvalue weighted by Gasteiger charge is -2.35. The van der Waals surface area contributed by atoms with Gasteiger partial charge in [-0.3, -0.25) is 4.57 Å². The van der Waals surface area contributed by atoms with Crippen molar-refractivity contribution >= 4 is 17.1 Å². The molecule has 0 amide bonds. The number of ether oxygens (including phenoxy) is 1. The highest BCUT2D eigenvalue weighted by molar-refractivity contribution is 5.75. The summed E-state index contributed by atoms with van der Waals surface area (Å²) in [5.41, 5.74) is 7.78. The van der Waals surface area contributed by atoms with E-state index in [2.05, 4.69) is 33.4 Å². The van der Waals surface area contributed by atoms with Crippen molar-refractivity contribution < 1.29 is 4.74 Å². The van der Waals surface area contributed by atoms with Crippen LogP contribution in [0.25, 0.3) is 11.2 Å². The number of imidazole rings is 1. The molecule has 0 bridgehead atoms. The quantitative estimate of drug-likeness (QED) is 0.900. The van der Waals surface area contributed by atoms with E-state index in [0.29, 0.717) is 23.8 Å². The maximum Gasteiger partial charge on any atom is 0.215 e. The lowest BCUT2D eigenvalue weighted by molar-refractivity contribution is 0.162. The lowest BCUT2D eigenvalue weighted by atomic mass is 9.94. The smallest absolute Gasteiger partial charge is 0.215 e. The Morgan fingerprint density at radius 3 is 2.85 bits per heavy atom. The zero-order valence-corrected chi connectivity index (χ0v) is 12.2. The van der Waals surface area contributed by atoms with Gasteiger partial charge < -0.3 is 15.4 Å². The molecule has 1 saturated heterocycles. The third-order valence-electron chi connectivity index (χ3n) is 4.14. The number of anilines is 1. The van der Waals surface area contributed by atoms with Crippen molar-refractivity contribution in [1.29, 1.82) is 0 Å². The van der Waals surface area contributed by atoms with Gasteiger partial charge in [-0.2, -0.15) is 4.98 Å². The number of fused-ring (bicyclic) bond motifs is 1. The molecular weight excluding hydrogens is 254 g/mol. The topological polar surface area (TPSA) is 69.2 Å². The highest BCUT2D eigenvalue weighted by Gasteiger charge is 2.28. The van der Waals surface area contributed by atoms with Crippen molar-refractivity contribution in [2.75, 3.05) is 33.0 Å². The largest absolute Gasteiger partial charge is 0.481 e. The van der Waals surface area contributed by atoms with Crippen molar-refractivity contribution in [2.45, 2.75) is 19.4 Å². The maximum absolute atomic E-state index is 6.13. The van der Waals surface area contributed by atoms with Crippen molar-refractivity contribution in [3.05, 3.63) is 12.1 Å². The summed E-state index contributed by atoms with van der Waals surface area (Å²) < 4.78 is 7.30. The maximum atomic E-state index is 6.13. The summed E-state index contributed by atoms with van der Waals surface area (Å²) >= 11 is 0. The Hall–Kier alpha value is -1.82. The van der Waals surface area contributed by atoms with Crippen LogP contribution in [-0.2, 0) is 0 Å². The SMILES string of the molecule is COc1ccc2nc(N)n(C3CCN(C)CC3C)c2n1. The summed E-state index contributed by atoms with van der Waals surface area (Å²) in [5.74, 6) is 1.66. The first-order valence-corrected chi connectivity index (χ1v) is 6.97. The number of methoxy groups -OCH3 is 1. The molecule has 0 radical (unpaired) electrons. The van der Waals surface area contributed by atoms with Crippen LogP contribution in [0.3, 0.4) is 0 Å². The van der Waals surface area contributed by atoms with Crippen LogP contribution in [0.15, 0.2) is 12.1 Å². The van der Waals surface area contributed by atoms with Gasteiger partial charge in [0.2, 0.25) is 11.8 Å². The predicted molar refractivity (Wildman–Crippen MR) is 78.8 cm³/mol. The predicted octanol–water partition coefficient (Wildman–Crippen LogP) is 1.53. The number of pyridine rings is 1. The van der Waals surface area contributed by atoms with Crippen LogP contribution in [0.4, 0.5) is 5.95 Å². The highest BCUT2D eigenvalue weighted by Crippen LogP contribution is 2.32. The monoisotopic (exact) mass is 275 g/mol. The van der Waals surface area contributed by atoms with Crippen LogP contribution in [-0.4, -0.2) is 46.7 Å². The number of nitrogen functional groups attached to an aromatic ring is 1. The molecule has 2 N–H and O–H groups in total. The Labute approximate surface area is 118 Å². The van der Waals surface area contributed by atoms with Gasteiger partial charge in [0.1, 0.15) is 5.52 Å². The molecule has 0 saturated carbocycles. The van der Waals surface area contributed by atoms with Gasteiger partial charge in [-0.15, -0.1) is 0 Å². The standard InChI is InChI=1S/C14H21N5O/c1-9-8-18(2)7-6-11(9)19-13-10(16-14(19)15)4-5-12(17-13)20-3/h4-5,9,11H,6-8H2,1-3H3,(H2,15,16). The second kappa shape index (κ2) is 4.94. The minimum Gasteiger partial charge on any atom is -0.481 e. The van der Waals surface area contributed by atoms with E-state index in [0.717, 1.165) is 30.7 Å². The Bertz CT molecular complexity index is 623.